The van der Waals surface area contributed by atoms with Crippen LogP contribution in [-0.4, -0.2) is 94.8 Å². The molecule has 8 rings (SSSR count). The molecule has 2 unspecified atom stereocenters. The summed E-state index contributed by atoms with van der Waals surface area (Å²) < 4.78 is 42.8. The number of hydrogen-bond donors (Lipinski definition) is 5. The molecular formula is C42H49F3N12O. The maximum atomic E-state index is 14.6. The number of H-pyrrole nitrogens is 2. The molecule has 0 aliphatic carbocycles. The van der Waals surface area contributed by atoms with Crippen LogP contribution < -0.4 is 20.4 Å². The molecule has 13 nitrogen and oxygen atoms in total. The number of aromatic hydroxyl groups is 1. The summed E-state index contributed by atoms with van der Waals surface area (Å²) in [5, 5.41) is 29.9. The molecule has 58 heavy (non-hydrogen) atoms. The predicted octanol–water partition coefficient (Wildman–Crippen LogP) is 7.12. The zero-order valence-corrected chi connectivity index (χ0v) is 33.5. The largest absolute Gasteiger partial charge is 0.507 e. The van der Waals surface area contributed by atoms with E-state index in [-0.39, 0.29) is 28.0 Å². The van der Waals surface area contributed by atoms with Crippen molar-refractivity contribution in [2.75, 3.05) is 36.0 Å². The van der Waals surface area contributed by atoms with Crippen molar-refractivity contribution in [3.8, 4) is 50.5 Å². The van der Waals surface area contributed by atoms with Crippen molar-refractivity contribution >= 4 is 11.6 Å². The Kier molecular flexibility index (Phi) is 11.5. The van der Waals surface area contributed by atoms with Crippen LogP contribution in [0.3, 0.4) is 0 Å². The Morgan fingerprint density at radius 3 is 1.69 bits per heavy atom. The lowest BCUT2D eigenvalue weighted by Crippen LogP contribution is -2.45. The molecule has 304 valence electrons. The fourth-order valence-electron chi connectivity index (χ4n) is 7.39. The van der Waals surface area contributed by atoms with Crippen molar-refractivity contribution in [1.29, 1.82) is 0 Å². The Morgan fingerprint density at radius 2 is 1.21 bits per heavy atom. The van der Waals surface area contributed by atoms with E-state index in [1.165, 1.54) is 30.9 Å². The number of phenols is 1. The third-order valence-corrected chi connectivity index (χ3v) is 9.89. The van der Waals surface area contributed by atoms with Gasteiger partial charge in [-0.25, -0.2) is 18.7 Å². The molecule has 2 aliphatic heterocycles. The van der Waals surface area contributed by atoms with Crippen LogP contribution in [0.1, 0.15) is 54.4 Å². The van der Waals surface area contributed by atoms with Crippen LogP contribution in [0.4, 0.5) is 24.8 Å². The van der Waals surface area contributed by atoms with Gasteiger partial charge in [0.1, 0.15) is 29.0 Å². The fraction of sp³-hybridized carbons (Fsp3) is 0.381. The van der Waals surface area contributed by atoms with E-state index in [1.54, 1.807) is 30.7 Å². The van der Waals surface area contributed by atoms with Crippen LogP contribution in [0, 0.1) is 17.6 Å². The number of phenolic OH excluding ortho intramolecular Hbond substituents is 1. The van der Waals surface area contributed by atoms with Crippen molar-refractivity contribution in [1.82, 2.24) is 51.0 Å². The van der Waals surface area contributed by atoms with Gasteiger partial charge in [0.2, 0.25) is 5.95 Å². The number of anilines is 2. The summed E-state index contributed by atoms with van der Waals surface area (Å²) >= 11 is 0. The van der Waals surface area contributed by atoms with Crippen molar-refractivity contribution < 1.29 is 18.3 Å². The first kappa shape index (κ1) is 40.3. The topological polar surface area (TPSA) is 160 Å². The smallest absolute Gasteiger partial charge is 0.216 e. The number of benzene rings is 2. The quantitative estimate of drug-likeness (QED) is 0.107. The summed E-state index contributed by atoms with van der Waals surface area (Å²) in [5.74, 6) is -0.0529. The maximum Gasteiger partial charge on any atom is 0.216 e. The third kappa shape index (κ3) is 9.62. The summed E-state index contributed by atoms with van der Waals surface area (Å²) in [5.41, 5.74) is 3.12. The summed E-state index contributed by atoms with van der Waals surface area (Å²) in [6, 6.07) is 8.06. The Morgan fingerprint density at radius 1 is 0.638 bits per heavy atom. The SMILES string of the molecule is CC(C)(C)NC1CCN(c2cnc(-c3cc(F)c(-c4cn[nH]c4)cc3F)cn2)C1.CC(C)(C)NC1CCN(c2cnc(-c3ccc(-c4cn[nH]c4F)cc3O)cn2)C1. The minimum Gasteiger partial charge on any atom is -0.507 e. The molecule has 0 radical (unpaired) electrons. The first-order valence-electron chi connectivity index (χ1n) is 19.3. The minimum atomic E-state index is -0.555. The van der Waals surface area contributed by atoms with Crippen molar-refractivity contribution in [2.45, 2.75) is 77.5 Å². The van der Waals surface area contributed by atoms with Crippen LogP contribution in [0.2, 0.25) is 0 Å². The predicted molar refractivity (Wildman–Crippen MR) is 219 cm³/mol. The molecule has 2 saturated heterocycles. The van der Waals surface area contributed by atoms with E-state index < -0.39 is 17.6 Å². The van der Waals surface area contributed by atoms with Gasteiger partial charge in [-0.1, -0.05) is 6.07 Å². The molecule has 5 N–H and O–H groups in total. The van der Waals surface area contributed by atoms with Gasteiger partial charge < -0.3 is 25.5 Å². The van der Waals surface area contributed by atoms with E-state index >= 15 is 0 Å². The third-order valence-electron chi connectivity index (χ3n) is 9.89. The molecule has 0 saturated carbocycles. The highest BCUT2D eigenvalue weighted by Gasteiger charge is 2.28. The Labute approximate surface area is 335 Å². The molecule has 6 heterocycles. The van der Waals surface area contributed by atoms with Crippen LogP contribution in [0.15, 0.2) is 73.7 Å². The van der Waals surface area contributed by atoms with Gasteiger partial charge in [0.05, 0.1) is 54.1 Å². The first-order chi connectivity index (χ1) is 27.6. The molecule has 16 heteroatoms. The fourth-order valence-corrected chi connectivity index (χ4v) is 7.39. The second kappa shape index (κ2) is 16.5. The highest BCUT2D eigenvalue weighted by Crippen LogP contribution is 2.34. The molecule has 0 spiro atoms. The van der Waals surface area contributed by atoms with Crippen molar-refractivity contribution in [3.63, 3.8) is 0 Å². The number of aromatic amines is 2. The molecule has 4 aromatic heterocycles. The molecule has 2 fully saturated rings. The zero-order chi connectivity index (χ0) is 41.2. The maximum absolute atomic E-state index is 14.6. The Balaban J connectivity index is 0.000000177. The number of hydrogen-bond acceptors (Lipinski definition) is 11. The van der Waals surface area contributed by atoms with E-state index in [0.717, 1.165) is 62.8 Å². The van der Waals surface area contributed by atoms with Crippen LogP contribution in [0.25, 0.3) is 44.8 Å². The van der Waals surface area contributed by atoms with Gasteiger partial charge >= 0.3 is 0 Å². The van der Waals surface area contributed by atoms with Gasteiger partial charge in [-0.15, -0.1) is 0 Å². The van der Waals surface area contributed by atoms with Crippen LogP contribution in [0.5, 0.6) is 5.75 Å². The van der Waals surface area contributed by atoms with E-state index in [4.69, 9.17) is 0 Å². The molecule has 0 amide bonds. The van der Waals surface area contributed by atoms with E-state index in [2.05, 4.69) is 102 Å². The number of aromatic nitrogens is 8. The van der Waals surface area contributed by atoms with Gasteiger partial charge in [-0.2, -0.15) is 14.6 Å². The average molecular weight is 795 g/mol. The van der Waals surface area contributed by atoms with Gasteiger partial charge in [0.15, 0.2) is 0 Å². The number of nitrogens with one attached hydrogen (secondary N) is 4. The zero-order valence-electron chi connectivity index (χ0n) is 33.5. The summed E-state index contributed by atoms with van der Waals surface area (Å²) in [4.78, 5) is 22.2. The highest BCUT2D eigenvalue weighted by atomic mass is 19.1. The number of halogens is 3. The van der Waals surface area contributed by atoms with Crippen LogP contribution >= 0.6 is 0 Å². The molecule has 2 aliphatic rings. The normalized spacial score (nSPS) is 17.1. The van der Waals surface area contributed by atoms with Crippen molar-refractivity contribution in [2.24, 2.45) is 0 Å². The molecular weight excluding hydrogens is 746 g/mol. The standard InChI is InChI=1S/C21H24F2N6.C21H25FN6O/c1-21(2,3)28-14-4-5-29(12-14)20-11-24-19(10-25-20)16-7-17(22)15(6-18(16)23)13-8-26-27-9-13;1-21(2,3)26-14-6-7-28(12-14)19-11-23-17(10-24-19)15-5-4-13(8-18(15)29)16-9-25-27-20(16)22/h6-11,14,28H,4-5,12H2,1-3H3,(H,26,27);4-5,8-11,14,26,29H,6-7,12H2,1-3H3,(H,25,27). The Hall–Kier alpha value is -5.87. The number of rotatable bonds is 8. The van der Waals surface area contributed by atoms with E-state index in [0.29, 0.717) is 45.7 Å². The van der Waals surface area contributed by atoms with E-state index in [1.807, 2.05) is 0 Å². The monoisotopic (exact) mass is 794 g/mol. The van der Waals surface area contributed by atoms with Crippen LogP contribution in [-0.2, 0) is 0 Å². The summed E-state index contributed by atoms with van der Waals surface area (Å²) in [6.07, 6.45) is 12.9. The van der Waals surface area contributed by atoms with Gasteiger partial charge in [0.25, 0.3) is 0 Å². The van der Waals surface area contributed by atoms with Gasteiger partial charge in [0, 0.05) is 77.8 Å². The molecule has 2 aromatic carbocycles. The van der Waals surface area contributed by atoms with Gasteiger partial charge in [-0.3, -0.25) is 20.2 Å². The van der Waals surface area contributed by atoms with Gasteiger partial charge in [-0.05, 0) is 84.2 Å². The Bertz CT molecular complexity index is 2300. The van der Waals surface area contributed by atoms with Crippen molar-refractivity contribution in [3.05, 3.63) is 91.3 Å². The lowest BCUT2D eigenvalue weighted by Gasteiger charge is -2.26. The second-order valence-electron chi connectivity index (χ2n) is 16.8. The van der Waals surface area contributed by atoms with E-state index in [9.17, 15) is 18.3 Å². The lowest BCUT2D eigenvalue weighted by molar-refractivity contribution is 0.372. The first-order valence-corrected chi connectivity index (χ1v) is 19.3. The molecule has 0 bridgehead atoms. The molecule has 2 atom stereocenters. The average Bonchev–Trinajstić information content (AvgIpc) is 4.01. The molecule has 6 aromatic rings. The minimum absolute atomic E-state index is 0.0146. The summed E-state index contributed by atoms with van der Waals surface area (Å²) in [7, 11) is 0. The highest BCUT2D eigenvalue weighted by molar-refractivity contribution is 5.74. The lowest BCUT2D eigenvalue weighted by atomic mass is 10.0. The second-order valence-corrected chi connectivity index (χ2v) is 16.8. The number of nitrogens with zero attached hydrogens (tertiary/aromatic N) is 8. The summed E-state index contributed by atoms with van der Waals surface area (Å²) in [6.45, 7) is 16.5.